The summed E-state index contributed by atoms with van der Waals surface area (Å²) in [7, 11) is 1.77. The van der Waals surface area contributed by atoms with Crippen LogP contribution < -0.4 is 4.74 Å². The largest absolute Gasteiger partial charge is 0.497 e. The summed E-state index contributed by atoms with van der Waals surface area (Å²) < 4.78 is 5.86. The van der Waals surface area contributed by atoms with Crippen molar-refractivity contribution in [3.05, 3.63) is 161 Å². The summed E-state index contributed by atoms with van der Waals surface area (Å²) >= 11 is 0. The van der Waals surface area contributed by atoms with E-state index in [1.165, 1.54) is 66.4 Å². The minimum Gasteiger partial charge on any atom is -0.497 e. The van der Waals surface area contributed by atoms with Crippen LogP contribution in [-0.4, -0.2) is 7.11 Å². The highest BCUT2D eigenvalue weighted by Gasteiger charge is 2.50. The Morgan fingerprint density at radius 3 is 1.63 bits per heavy atom. The van der Waals surface area contributed by atoms with Crippen molar-refractivity contribution in [2.45, 2.75) is 11.8 Å². The van der Waals surface area contributed by atoms with E-state index in [-0.39, 0.29) is 0 Å². The van der Waals surface area contributed by atoms with Crippen molar-refractivity contribution >= 4 is 10.8 Å². The van der Waals surface area contributed by atoms with Gasteiger partial charge in [-0.15, -0.1) is 0 Å². The first-order valence-electron chi connectivity index (χ1n) is 13.3. The van der Waals surface area contributed by atoms with E-state index in [0.717, 1.165) is 12.2 Å². The van der Waals surface area contributed by atoms with Gasteiger partial charge in [-0.25, -0.2) is 0 Å². The van der Waals surface area contributed by atoms with Gasteiger partial charge < -0.3 is 4.74 Å². The predicted octanol–water partition coefficient (Wildman–Crippen LogP) is 8.78. The second-order valence-corrected chi connectivity index (χ2v) is 10.4. The molecular formula is C37H26O. The minimum absolute atomic E-state index is 0.422. The van der Waals surface area contributed by atoms with Crippen molar-refractivity contribution in [1.82, 2.24) is 0 Å². The van der Waals surface area contributed by atoms with Crippen molar-refractivity contribution < 1.29 is 4.74 Å². The quantitative estimate of drug-likeness (QED) is 0.225. The van der Waals surface area contributed by atoms with Crippen LogP contribution in [0.4, 0.5) is 0 Å². The van der Waals surface area contributed by atoms with Crippen molar-refractivity contribution in [1.29, 1.82) is 0 Å². The Bertz CT molecular complexity index is 1800. The molecule has 2 aliphatic rings. The Labute approximate surface area is 223 Å². The van der Waals surface area contributed by atoms with Crippen molar-refractivity contribution in [2.24, 2.45) is 0 Å². The second-order valence-electron chi connectivity index (χ2n) is 10.4. The van der Waals surface area contributed by atoms with Crippen molar-refractivity contribution in [3.63, 3.8) is 0 Å². The average Bonchev–Trinajstić information content (AvgIpc) is 2.97. The SMILES string of the molecule is COc1cc2c3c(cccc3c1)C21c2ccccc2-c2ccccc2Cc2ccccc2-c2ccccc21. The van der Waals surface area contributed by atoms with Crippen LogP contribution in [0.15, 0.2) is 127 Å². The van der Waals surface area contributed by atoms with Gasteiger partial charge in [0, 0.05) is 0 Å². The average molecular weight is 487 g/mol. The normalized spacial score (nSPS) is 14.0. The summed E-state index contributed by atoms with van der Waals surface area (Å²) in [6.07, 6.45) is 0.891. The molecule has 0 aromatic heterocycles. The number of rotatable bonds is 1. The highest BCUT2D eigenvalue weighted by Crippen LogP contribution is 2.61. The zero-order valence-corrected chi connectivity index (χ0v) is 21.2. The maximum atomic E-state index is 5.86. The van der Waals surface area contributed by atoms with Gasteiger partial charge in [-0.2, -0.15) is 0 Å². The Morgan fingerprint density at radius 2 is 1.03 bits per heavy atom. The molecule has 0 saturated carbocycles. The smallest absolute Gasteiger partial charge is 0.119 e. The lowest BCUT2D eigenvalue weighted by Gasteiger charge is -2.47. The van der Waals surface area contributed by atoms with Crippen LogP contribution >= 0.6 is 0 Å². The fourth-order valence-electron chi connectivity index (χ4n) is 7.10. The van der Waals surface area contributed by atoms with E-state index >= 15 is 0 Å². The summed E-state index contributed by atoms with van der Waals surface area (Å²) in [5.74, 6) is 0.900. The molecule has 0 heterocycles. The van der Waals surface area contributed by atoms with E-state index in [2.05, 4.69) is 127 Å². The molecule has 0 radical (unpaired) electrons. The molecule has 0 unspecified atom stereocenters. The molecule has 180 valence electrons. The van der Waals surface area contributed by atoms with Gasteiger partial charge >= 0.3 is 0 Å². The van der Waals surface area contributed by atoms with Gasteiger partial charge in [-0.05, 0) is 85.0 Å². The Morgan fingerprint density at radius 1 is 0.500 bits per heavy atom. The third-order valence-corrected chi connectivity index (χ3v) is 8.65. The molecular weight excluding hydrogens is 460 g/mol. The van der Waals surface area contributed by atoms with E-state index in [1.54, 1.807) is 7.11 Å². The topological polar surface area (TPSA) is 9.23 Å². The lowest BCUT2D eigenvalue weighted by Crippen LogP contribution is -2.39. The fourth-order valence-corrected chi connectivity index (χ4v) is 7.10. The number of methoxy groups -OCH3 is 1. The van der Waals surface area contributed by atoms with Crippen LogP contribution in [0.5, 0.6) is 5.75 Å². The van der Waals surface area contributed by atoms with Gasteiger partial charge in [-0.3, -0.25) is 0 Å². The molecule has 0 atom stereocenters. The summed E-state index contributed by atoms with van der Waals surface area (Å²) in [5.41, 5.74) is 12.8. The maximum absolute atomic E-state index is 5.86. The molecule has 0 aliphatic heterocycles. The highest BCUT2D eigenvalue weighted by molar-refractivity contribution is 6.04. The molecule has 0 fully saturated rings. The van der Waals surface area contributed by atoms with Crippen LogP contribution in [0, 0.1) is 0 Å². The molecule has 2 aliphatic carbocycles. The van der Waals surface area contributed by atoms with Crippen molar-refractivity contribution in [2.75, 3.05) is 7.11 Å². The molecule has 0 saturated heterocycles. The highest BCUT2D eigenvalue weighted by atomic mass is 16.5. The van der Waals surface area contributed by atoms with E-state index in [1.807, 2.05) is 0 Å². The Kier molecular flexibility index (Phi) is 4.48. The van der Waals surface area contributed by atoms with Crippen LogP contribution in [0.25, 0.3) is 33.0 Å². The molecule has 0 bridgehead atoms. The predicted molar refractivity (Wildman–Crippen MR) is 156 cm³/mol. The summed E-state index contributed by atoms with van der Waals surface area (Å²) in [6.45, 7) is 0. The van der Waals surface area contributed by atoms with E-state index in [0.29, 0.717) is 0 Å². The van der Waals surface area contributed by atoms with Crippen molar-refractivity contribution in [3.8, 4) is 28.0 Å². The maximum Gasteiger partial charge on any atom is 0.119 e. The zero-order valence-electron chi connectivity index (χ0n) is 21.2. The standard InChI is InChI=1S/C37H26O/c1-38-27-22-26-13-10-20-34-36(26)35(23-27)37(34)32-18-8-6-16-30(32)28-14-4-2-11-24(28)21-25-12-3-5-15-29(25)31-17-7-9-19-33(31)37/h2-20,22-23H,21H2,1H3. The van der Waals surface area contributed by atoms with Crippen LogP contribution in [-0.2, 0) is 11.8 Å². The third-order valence-electron chi connectivity index (χ3n) is 8.65. The fraction of sp³-hybridized carbons (Fsp3) is 0.0811. The molecule has 38 heavy (non-hydrogen) atoms. The lowest BCUT2D eigenvalue weighted by atomic mass is 9.53. The van der Waals surface area contributed by atoms with Gasteiger partial charge in [0.2, 0.25) is 0 Å². The van der Waals surface area contributed by atoms with Gasteiger partial charge in [0.15, 0.2) is 0 Å². The summed E-state index contributed by atoms with van der Waals surface area (Å²) in [4.78, 5) is 0. The summed E-state index contributed by atoms with van der Waals surface area (Å²) in [6, 6.07) is 47.1. The second kappa shape index (κ2) is 7.94. The third kappa shape index (κ3) is 2.71. The van der Waals surface area contributed by atoms with Gasteiger partial charge in [0.25, 0.3) is 0 Å². The van der Waals surface area contributed by atoms with E-state index in [4.69, 9.17) is 4.74 Å². The molecule has 6 aromatic carbocycles. The van der Waals surface area contributed by atoms with E-state index in [9.17, 15) is 0 Å². The Balaban J connectivity index is 1.60. The molecule has 8 rings (SSSR count). The zero-order chi connectivity index (χ0) is 25.3. The number of hydrogen-bond acceptors (Lipinski definition) is 1. The number of ether oxygens (including phenoxy) is 1. The lowest BCUT2D eigenvalue weighted by molar-refractivity contribution is 0.414. The van der Waals surface area contributed by atoms with E-state index < -0.39 is 5.41 Å². The first kappa shape index (κ1) is 21.5. The molecule has 0 amide bonds. The number of fused-ring (bicyclic) bond motifs is 10. The Hall–Kier alpha value is -4.62. The first-order chi connectivity index (χ1) is 18.8. The number of hydrogen-bond donors (Lipinski definition) is 0. The molecule has 1 heteroatoms. The monoisotopic (exact) mass is 486 g/mol. The molecule has 6 aromatic rings. The first-order valence-corrected chi connectivity index (χ1v) is 13.3. The van der Waals surface area contributed by atoms with Crippen LogP contribution in [0.1, 0.15) is 33.4 Å². The number of benzene rings is 6. The molecule has 1 nitrogen and oxygen atoms in total. The van der Waals surface area contributed by atoms with Gasteiger partial charge in [0.1, 0.15) is 5.75 Å². The minimum atomic E-state index is -0.422. The van der Waals surface area contributed by atoms with Gasteiger partial charge in [0.05, 0.1) is 12.5 Å². The molecule has 0 N–H and O–H groups in total. The molecule has 1 spiro atoms. The summed E-state index contributed by atoms with van der Waals surface area (Å²) in [5, 5.41) is 2.58. The van der Waals surface area contributed by atoms with Crippen LogP contribution in [0.2, 0.25) is 0 Å². The van der Waals surface area contributed by atoms with Gasteiger partial charge in [-0.1, -0.05) is 115 Å². The van der Waals surface area contributed by atoms with Crippen LogP contribution in [0.3, 0.4) is 0 Å².